The van der Waals surface area contributed by atoms with E-state index in [9.17, 15) is 14.4 Å². The van der Waals surface area contributed by atoms with Gasteiger partial charge in [-0.3, -0.25) is 14.4 Å². The molecule has 1 aromatic rings. The Morgan fingerprint density at radius 2 is 1.97 bits per heavy atom. The average Bonchev–Trinajstić information content (AvgIpc) is 3.06. The Morgan fingerprint density at radius 3 is 2.69 bits per heavy atom. The molecule has 2 fully saturated rings. The summed E-state index contributed by atoms with van der Waals surface area (Å²) < 4.78 is 0. The molecular weight excluding hydrogens is 390 g/mol. The van der Waals surface area contributed by atoms with Gasteiger partial charge in [0.2, 0.25) is 11.8 Å². The van der Waals surface area contributed by atoms with Crippen LogP contribution in [0.4, 0.5) is 0 Å². The van der Waals surface area contributed by atoms with E-state index in [1.807, 2.05) is 13.8 Å². The van der Waals surface area contributed by atoms with E-state index in [4.69, 9.17) is 11.6 Å². The minimum atomic E-state index is -0.497. The van der Waals surface area contributed by atoms with E-state index in [0.717, 1.165) is 25.7 Å². The van der Waals surface area contributed by atoms with Crippen LogP contribution in [0.2, 0.25) is 5.02 Å². The first-order chi connectivity index (χ1) is 13.9. The van der Waals surface area contributed by atoms with Crippen molar-refractivity contribution in [1.29, 1.82) is 0 Å². The van der Waals surface area contributed by atoms with E-state index in [2.05, 4.69) is 10.6 Å². The predicted molar refractivity (Wildman–Crippen MR) is 113 cm³/mol. The van der Waals surface area contributed by atoms with E-state index in [-0.39, 0.29) is 42.8 Å². The summed E-state index contributed by atoms with van der Waals surface area (Å²) in [6, 6.07) is 6.56. The Balaban J connectivity index is 1.70. The van der Waals surface area contributed by atoms with E-state index in [1.165, 1.54) is 0 Å². The summed E-state index contributed by atoms with van der Waals surface area (Å²) in [5.41, 5.74) is 0.512. The fourth-order valence-electron chi connectivity index (χ4n) is 4.57. The van der Waals surface area contributed by atoms with Gasteiger partial charge in [0, 0.05) is 35.6 Å². The van der Waals surface area contributed by atoms with Crippen molar-refractivity contribution in [3.8, 4) is 0 Å². The standard InChI is InChI=1S/C22H30ClN3O3/c1-14(2)25-20(27)10-11-24-21(28)19-13-15-6-3-4-9-18(15)26(19)22(29)16-7-5-8-17(23)12-16/h5,7-8,12,14-15,18-19H,3-4,6,9-11,13H2,1-2H3,(H,24,28)(H,25,27). The summed E-state index contributed by atoms with van der Waals surface area (Å²) in [5.74, 6) is -0.0501. The number of hydrogen-bond acceptors (Lipinski definition) is 3. The van der Waals surface area contributed by atoms with Crippen LogP contribution in [0.3, 0.4) is 0 Å². The molecule has 29 heavy (non-hydrogen) atoms. The number of amides is 3. The van der Waals surface area contributed by atoms with Crippen molar-refractivity contribution in [3.05, 3.63) is 34.9 Å². The van der Waals surface area contributed by atoms with Crippen LogP contribution in [0.25, 0.3) is 0 Å². The number of hydrogen-bond donors (Lipinski definition) is 2. The molecule has 1 aliphatic carbocycles. The lowest BCUT2D eigenvalue weighted by atomic mass is 9.84. The molecule has 158 valence electrons. The van der Waals surface area contributed by atoms with Gasteiger partial charge in [-0.25, -0.2) is 0 Å². The van der Waals surface area contributed by atoms with Gasteiger partial charge < -0.3 is 15.5 Å². The van der Waals surface area contributed by atoms with Gasteiger partial charge in [0.1, 0.15) is 6.04 Å². The second-order valence-corrected chi connectivity index (χ2v) is 8.79. The summed E-state index contributed by atoms with van der Waals surface area (Å²) in [6.07, 6.45) is 5.10. The minimum Gasteiger partial charge on any atom is -0.354 e. The van der Waals surface area contributed by atoms with Crippen molar-refractivity contribution >= 4 is 29.3 Å². The summed E-state index contributed by atoms with van der Waals surface area (Å²) >= 11 is 6.08. The van der Waals surface area contributed by atoms with Crippen LogP contribution in [-0.4, -0.2) is 47.3 Å². The van der Waals surface area contributed by atoms with Gasteiger partial charge in [0.05, 0.1) is 0 Å². The van der Waals surface area contributed by atoms with Crippen LogP contribution < -0.4 is 10.6 Å². The molecule has 7 heteroatoms. The quantitative estimate of drug-likeness (QED) is 0.743. The smallest absolute Gasteiger partial charge is 0.254 e. The zero-order chi connectivity index (χ0) is 21.0. The Hall–Kier alpha value is -2.08. The lowest BCUT2D eigenvalue weighted by Crippen LogP contribution is -2.50. The monoisotopic (exact) mass is 419 g/mol. The second kappa shape index (κ2) is 9.61. The lowest BCUT2D eigenvalue weighted by molar-refractivity contribution is -0.125. The van der Waals surface area contributed by atoms with Crippen LogP contribution in [0.1, 0.15) is 62.7 Å². The van der Waals surface area contributed by atoms with Crippen LogP contribution in [0.15, 0.2) is 24.3 Å². The Labute approximate surface area is 177 Å². The number of benzene rings is 1. The Kier molecular flexibility index (Phi) is 7.17. The van der Waals surface area contributed by atoms with Crippen LogP contribution in [-0.2, 0) is 9.59 Å². The third-order valence-electron chi connectivity index (χ3n) is 5.80. The molecule has 1 saturated heterocycles. The van der Waals surface area contributed by atoms with Gasteiger partial charge in [0.15, 0.2) is 0 Å². The van der Waals surface area contributed by atoms with Gasteiger partial charge in [-0.1, -0.05) is 30.5 Å². The summed E-state index contributed by atoms with van der Waals surface area (Å²) in [4.78, 5) is 39.8. The number of carbonyl (C=O) groups is 3. The summed E-state index contributed by atoms with van der Waals surface area (Å²) in [7, 11) is 0. The molecule has 0 aromatic heterocycles. The van der Waals surface area contributed by atoms with Crippen molar-refractivity contribution < 1.29 is 14.4 Å². The topological polar surface area (TPSA) is 78.5 Å². The van der Waals surface area contributed by atoms with E-state index < -0.39 is 6.04 Å². The van der Waals surface area contributed by atoms with Gasteiger partial charge in [0.25, 0.3) is 5.91 Å². The highest BCUT2D eigenvalue weighted by molar-refractivity contribution is 6.31. The number of nitrogens with one attached hydrogen (secondary N) is 2. The third kappa shape index (κ3) is 5.30. The molecule has 2 N–H and O–H groups in total. The highest BCUT2D eigenvalue weighted by Gasteiger charge is 2.47. The predicted octanol–water partition coefficient (Wildman–Crippen LogP) is 3.14. The number of halogens is 1. The van der Waals surface area contributed by atoms with Crippen molar-refractivity contribution in [3.63, 3.8) is 0 Å². The van der Waals surface area contributed by atoms with E-state index in [0.29, 0.717) is 22.9 Å². The van der Waals surface area contributed by atoms with E-state index >= 15 is 0 Å². The molecule has 1 saturated carbocycles. The first-order valence-electron chi connectivity index (χ1n) is 10.5. The highest BCUT2D eigenvalue weighted by atomic mass is 35.5. The third-order valence-corrected chi connectivity index (χ3v) is 6.03. The zero-order valence-corrected chi connectivity index (χ0v) is 17.9. The molecule has 0 radical (unpaired) electrons. The summed E-state index contributed by atoms with van der Waals surface area (Å²) in [6.45, 7) is 4.06. The SMILES string of the molecule is CC(C)NC(=O)CCNC(=O)C1CC2CCCCC2N1C(=O)c1cccc(Cl)c1. The number of likely N-dealkylation sites (tertiary alicyclic amines) is 1. The lowest BCUT2D eigenvalue weighted by Gasteiger charge is -2.33. The average molecular weight is 420 g/mol. The molecule has 3 unspecified atom stereocenters. The maximum absolute atomic E-state index is 13.3. The maximum atomic E-state index is 13.3. The fourth-order valence-corrected chi connectivity index (χ4v) is 4.76. The molecule has 1 heterocycles. The number of rotatable bonds is 6. The second-order valence-electron chi connectivity index (χ2n) is 8.35. The van der Waals surface area contributed by atoms with Crippen molar-refractivity contribution in [2.45, 2.75) is 70.5 Å². The van der Waals surface area contributed by atoms with Crippen molar-refractivity contribution in [1.82, 2.24) is 15.5 Å². The molecular formula is C22H30ClN3O3. The van der Waals surface area contributed by atoms with Crippen molar-refractivity contribution in [2.24, 2.45) is 5.92 Å². The number of fused-ring (bicyclic) bond motifs is 1. The molecule has 3 atom stereocenters. The molecule has 0 spiro atoms. The molecule has 0 bridgehead atoms. The van der Waals surface area contributed by atoms with E-state index in [1.54, 1.807) is 29.2 Å². The molecule has 2 aliphatic rings. The minimum absolute atomic E-state index is 0.0713. The molecule has 1 aromatic carbocycles. The molecule has 6 nitrogen and oxygen atoms in total. The molecule has 1 aliphatic heterocycles. The number of nitrogens with zero attached hydrogens (tertiary/aromatic N) is 1. The van der Waals surface area contributed by atoms with Gasteiger partial charge in [-0.2, -0.15) is 0 Å². The normalized spacial score (nSPS) is 23.6. The van der Waals surface area contributed by atoms with Gasteiger partial charge >= 0.3 is 0 Å². The first kappa shape index (κ1) is 21.6. The molecule has 3 rings (SSSR count). The van der Waals surface area contributed by atoms with Crippen molar-refractivity contribution in [2.75, 3.05) is 6.54 Å². The molecule has 3 amide bonds. The largest absolute Gasteiger partial charge is 0.354 e. The Bertz CT molecular complexity index is 767. The number of carbonyl (C=O) groups excluding carboxylic acids is 3. The van der Waals surface area contributed by atoms with Crippen LogP contribution >= 0.6 is 11.6 Å². The van der Waals surface area contributed by atoms with Crippen LogP contribution in [0.5, 0.6) is 0 Å². The Morgan fingerprint density at radius 1 is 1.21 bits per heavy atom. The fraction of sp³-hybridized carbons (Fsp3) is 0.591. The zero-order valence-electron chi connectivity index (χ0n) is 17.1. The first-order valence-corrected chi connectivity index (χ1v) is 10.9. The maximum Gasteiger partial charge on any atom is 0.254 e. The summed E-state index contributed by atoms with van der Waals surface area (Å²) in [5, 5.41) is 6.19. The van der Waals surface area contributed by atoms with Crippen LogP contribution in [0, 0.1) is 5.92 Å². The van der Waals surface area contributed by atoms with Gasteiger partial charge in [-0.15, -0.1) is 0 Å². The van der Waals surface area contributed by atoms with Gasteiger partial charge in [-0.05, 0) is 57.2 Å². The highest BCUT2D eigenvalue weighted by Crippen LogP contribution is 2.40.